The van der Waals surface area contributed by atoms with E-state index in [4.69, 9.17) is 11.6 Å². The Morgan fingerprint density at radius 1 is 1.09 bits per heavy atom. The lowest BCUT2D eigenvalue weighted by Gasteiger charge is -2.34. The summed E-state index contributed by atoms with van der Waals surface area (Å²) in [6.45, 7) is 2.77. The number of halogens is 1. The van der Waals surface area contributed by atoms with Gasteiger partial charge in [-0.2, -0.15) is 0 Å². The normalized spacial score (nSPS) is 15.9. The molecule has 1 saturated carbocycles. The number of fused-ring (bicyclic) bond motifs is 2. The number of thiazole rings is 1. The fourth-order valence-electron chi connectivity index (χ4n) is 6.12. The van der Waals surface area contributed by atoms with E-state index in [2.05, 4.69) is 9.97 Å². The van der Waals surface area contributed by atoms with Gasteiger partial charge in [0, 0.05) is 35.6 Å². The third-order valence-electron chi connectivity index (χ3n) is 8.65. The van der Waals surface area contributed by atoms with Gasteiger partial charge in [-0.1, -0.05) is 35.4 Å². The Balaban J connectivity index is 1.42. The Labute approximate surface area is 270 Å². The van der Waals surface area contributed by atoms with Crippen molar-refractivity contribution in [3.05, 3.63) is 82.1 Å². The predicted molar refractivity (Wildman–Crippen MR) is 177 cm³/mol. The van der Waals surface area contributed by atoms with Crippen molar-refractivity contribution in [2.75, 3.05) is 32.1 Å². The lowest BCUT2D eigenvalue weighted by molar-refractivity contribution is -0.119. The Morgan fingerprint density at radius 2 is 1.84 bits per heavy atom. The van der Waals surface area contributed by atoms with Gasteiger partial charge >= 0.3 is 0 Å². The molecule has 3 aromatic heterocycles. The Bertz CT molecular complexity index is 2080. The second kappa shape index (κ2) is 11.0. The summed E-state index contributed by atoms with van der Waals surface area (Å²) in [6, 6.07) is 14.3. The number of carbonyl (C=O) groups excluding carboxylic acids is 1. The van der Waals surface area contributed by atoms with Crippen molar-refractivity contribution >= 4 is 55.6 Å². The van der Waals surface area contributed by atoms with E-state index in [0.29, 0.717) is 64.6 Å². The molecule has 0 saturated heterocycles. The number of benzene rings is 2. The summed E-state index contributed by atoms with van der Waals surface area (Å²) >= 11 is 8.14. The number of nitrogens with zero attached hydrogens (tertiary/aromatic N) is 5. The van der Waals surface area contributed by atoms with Crippen molar-refractivity contribution in [2.45, 2.75) is 43.1 Å². The molecule has 4 heterocycles. The molecule has 1 amide bonds. The third kappa shape index (κ3) is 5.07. The number of aliphatic hydroxyl groups is 1. The maximum atomic E-state index is 14.4. The maximum Gasteiger partial charge on any atom is 0.269 e. The highest BCUT2D eigenvalue weighted by Gasteiger charge is 2.39. The molecular formula is C33H32ClN5O4S2. The number of aromatic nitrogens is 3. The van der Waals surface area contributed by atoms with Crippen LogP contribution in [0.2, 0.25) is 5.02 Å². The van der Waals surface area contributed by atoms with Gasteiger partial charge < -0.3 is 14.9 Å². The second-order valence-electron chi connectivity index (χ2n) is 12.1. The molecule has 45 heavy (non-hydrogen) atoms. The summed E-state index contributed by atoms with van der Waals surface area (Å²) in [6.07, 6.45) is 6.08. The number of amides is 1. The van der Waals surface area contributed by atoms with Crippen LogP contribution in [-0.2, 0) is 26.8 Å². The van der Waals surface area contributed by atoms with Crippen LogP contribution in [0.25, 0.3) is 32.7 Å². The number of hydrogen-bond acceptors (Lipinski definition) is 8. The molecule has 1 aliphatic carbocycles. The largest absolute Gasteiger partial charge is 0.383 e. The van der Waals surface area contributed by atoms with Gasteiger partial charge in [0.2, 0.25) is 5.91 Å². The van der Waals surface area contributed by atoms with Crippen molar-refractivity contribution < 1.29 is 18.3 Å². The molecule has 0 radical (unpaired) electrons. The first-order chi connectivity index (χ1) is 21.5. The average Bonchev–Trinajstić information content (AvgIpc) is 3.72. The minimum Gasteiger partial charge on any atom is -0.383 e. The van der Waals surface area contributed by atoms with E-state index in [1.54, 1.807) is 35.4 Å². The Kier molecular flexibility index (Phi) is 7.37. The smallest absolute Gasteiger partial charge is 0.269 e. The highest BCUT2D eigenvalue weighted by molar-refractivity contribution is 7.90. The molecule has 7 rings (SSSR count). The zero-order chi connectivity index (χ0) is 31.7. The van der Waals surface area contributed by atoms with Crippen LogP contribution in [0.5, 0.6) is 0 Å². The molecule has 12 heteroatoms. The summed E-state index contributed by atoms with van der Waals surface area (Å²) in [5, 5.41) is 12.5. The van der Waals surface area contributed by atoms with Gasteiger partial charge in [0.15, 0.2) is 5.65 Å². The summed E-state index contributed by atoms with van der Waals surface area (Å²) < 4.78 is 30.1. The average molecular weight is 662 g/mol. The van der Waals surface area contributed by atoms with Crippen LogP contribution in [0.3, 0.4) is 0 Å². The van der Waals surface area contributed by atoms with E-state index in [0.717, 1.165) is 28.1 Å². The third-order valence-corrected chi connectivity index (χ3v) is 11.9. The van der Waals surface area contributed by atoms with Crippen LogP contribution in [0, 0.1) is 6.92 Å². The summed E-state index contributed by atoms with van der Waals surface area (Å²) in [4.78, 5) is 26.5. The molecule has 1 N–H and O–H groups in total. The molecule has 2 aliphatic rings. The quantitative estimate of drug-likeness (QED) is 0.233. The lowest BCUT2D eigenvalue weighted by Crippen LogP contribution is -2.36. The SMILES string of the molecule is Cc1ccc(S(=O)(=O)n2c(-c3ccc4c(c3)CCN4C(=O)CN(C)C)cc3c(-c4cnc(C5(O)CCC5)s4)c(Cl)cnc32)cc1. The fourth-order valence-corrected chi connectivity index (χ4v) is 9.04. The molecule has 9 nitrogen and oxygen atoms in total. The lowest BCUT2D eigenvalue weighted by atomic mass is 9.81. The van der Waals surface area contributed by atoms with Crippen molar-refractivity contribution in [1.82, 2.24) is 18.8 Å². The van der Waals surface area contributed by atoms with Gasteiger partial charge in [-0.15, -0.1) is 11.3 Å². The van der Waals surface area contributed by atoms with Gasteiger partial charge in [-0.05, 0) is 88.2 Å². The summed E-state index contributed by atoms with van der Waals surface area (Å²) in [5.41, 5.74) is 3.79. The van der Waals surface area contributed by atoms with Gasteiger partial charge in [0.1, 0.15) is 10.6 Å². The first-order valence-corrected chi connectivity index (χ1v) is 17.4. The summed E-state index contributed by atoms with van der Waals surface area (Å²) in [5.74, 6) is 0.0153. The van der Waals surface area contributed by atoms with E-state index in [1.165, 1.54) is 21.5 Å². The number of rotatable bonds is 7. The molecule has 232 valence electrons. The predicted octanol–water partition coefficient (Wildman–Crippen LogP) is 5.85. The number of hydrogen-bond donors (Lipinski definition) is 1. The van der Waals surface area contributed by atoms with Crippen molar-refractivity contribution in [1.29, 1.82) is 0 Å². The van der Waals surface area contributed by atoms with E-state index in [-0.39, 0.29) is 16.4 Å². The highest BCUT2D eigenvalue weighted by atomic mass is 35.5. The minimum absolute atomic E-state index is 0.0153. The molecule has 5 aromatic rings. The number of aryl methyl sites for hydroxylation is 1. The molecule has 0 atom stereocenters. The van der Waals surface area contributed by atoms with Crippen LogP contribution in [-0.4, -0.2) is 65.5 Å². The second-order valence-corrected chi connectivity index (χ2v) is 15.3. The van der Waals surface area contributed by atoms with Crippen LogP contribution in [0.15, 0.2) is 65.8 Å². The topological polar surface area (TPSA) is 109 Å². The summed E-state index contributed by atoms with van der Waals surface area (Å²) in [7, 11) is -0.379. The van der Waals surface area contributed by atoms with Gasteiger partial charge in [0.05, 0.1) is 27.0 Å². The Hall–Kier alpha value is -3.61. The van der Waals surface area contributed by atoms with Crippen molar-refractivity contribution in [3.8, 4) is 21.7 Å². The minimum atomic E-state index is -4.11. The van der Waals surface area contributed by atoms with E-state index >= 15 is 0 Å². The van der Waals surface area contributed by atoms with Gasteiger partial charge in [0.25, 0.3) is 10.0 Å². The first kappa shape index (κ1) is 30.1. The molecular weight excluding hydrogens is 630 g/mol. The van der Waals surface area contributed by atoms with E-state index < -0.39 is 15.6 Å². The van der Waals surface area contributed by atoms with Crippen LogP contribution < -0.4 is 4.90 Å². The standard InChI is InChI=1S/C33H32ClN5O4S2/c1-20-5-8-23(9-6-20)45(42,43)39-27(21-7-10-26-22(15-21)11-14-38(26)29(40)19-37(2)3)16-24-30(25(34)17-35-31(24)39)28-18-36-32(44-28)33(41)12-4-13-33/h5-10,15-18,41H,4,11-14,19H2,1-3H3. The molecule has 0 spiro atoms. The number of likely N-dealkylation sites (N-methyl/N-ethyl adjacent to an activating group) is 1. The molecule has 0 bridgehead atoms. The zero-order valence-corrected chi connectivity index (χ0v) is 27.5. The maximum absolute atomic E-state index is 14.4. The number of anilines is 1. The first-order valence-electron chi connectivity index (χ1n) is 14.8. The molecule has 0 unspecified atom stereocenters. The van der Waals surface area contributed by atoms with Gasteiger partial charge in [-0.25, -0.2) is 22.4 Å². The molecule has 1 aliphatic heterocycles. The van der Waals surface area contributed by atoms with Gasteiger partial charge in [-0.3, -0.25) is 4.79 Å². The van der Waals surface area contributed by atoms with Crippen LogP contribution in [0.1, 0.15) is 35.4 Å². The molecule has 1 fully saturated rings. The molecule has 2 aromatic carbocycles. The number of pyridine rings is 1. The van der Waals surface area contributed by atoms with E-state index in [1.807, 2.05) is 50.2 Å². The van der Waals surface area contributed by atoms with E-state index in [9.17, 15) is 18.3 Å². The van der Waals surface area contributed by atoms with Crippen molar-refractivity contribution in [2.24, 2.45) is 0 Å². The van der Waals surface area contributed by atoms with Crippen molar-refractivity contribution in [3.63, 3.8) is 0 Å². The monoisotopic (exact) mass is 661 g/mol. The van der Waals surface area contributed by atoms with Crippen LogP contribution in [0.4, 0.5) is 5.69 Å². The number of carbonyl (C=O) groups is 1. The fraction of sp³-hybridized carbons (Fsp3) is 0.303. The highest BCUT2D eigenvalue weighted by Crippen LogP contribution is 2.47. The van der Waals surface area contributed by atoms with Crippen LogP contribution >= 0.6 is 22.9 Å². The zero-order valence-electron chi connectivity index (χ0n) is 25.1. The Morgan fingerprint density at radius 3 is 2.53 bits per heavy atom.